The Morgan fingerprint density at radius 1 is 1.19 bits per heavy atom. The number of halogens is 1. The molecule has 0 radical (unpaired) electrons. The van der Waals surface area contributed by atoms with Crippen molar-refractivity contribution in [1.29, 1.82) is 0 Å². The van der Waals surface area contributed by atoms with Crippen molar-refractivity contribution in [3.8, 4) is 5.75 Å². The van der Waals surface area contributed by atoms with E-state index in [2.05, 4.69) is 10.1 Å². The maximum absolute atomic E-state index is 11.4. The molecule has 5 nitrogen and oxygen atoms in total. The fourth-order valence-corrected chi connectivity index (χ4v) is 2.08. The molecule has 0 aliphatic carbocycles. The van der Waals surface area contributed by atoms with Crippen molar-refractivity contribution in [2.24, 2.45) is 0 Å². The fraction of sp³-hybridized carbons (Fsp3) is 0.133. The van der Waals surface area contributed by atoms with Gasteiger partial charge in [0.1, 0.15) is 5.75 Å². The number of esters is 1. The lowest BCUT2D eigenvalue weighted by Crippen LogP contribution is -2.03. The number of nitrogen functional groups attached to an aromatic ring is 1. The standard InChI is InChI=1S/C15H15ClN2O3/c1-20-14-6-4-10(8-11(14)16)18-13-5-3-9(7-12(13)17)15(19)21-2/h3-8,18H,17H2,1-2H3. The average Bonchev–Trinajstić information content (AvgIpc) is 2.48. The molecule has 0 spiro atoms. The van der Waals surface area contributed by atoms with Crippen LogP contribution in [-0.2, 0) is 4.74 Å². The average molecular weight is 307 g/mol. The van der Waals surface area contributed by atoms with Gasteiger partial charge in [-0.05, 0) is 36.4 Å². The number of rotatable bonds is 4. The second-order valence-electron chi connectivity index (χ2n) is 4.27. The third-order valence-electron chi connectivity index (χ3n) is 2.90. The summed E-state index contributed by atoms with van der Waals surface area (Å²) >= 11 is 6.06. The summed E-state index contributed by atoms with van der Waals surface area (Å²) < 4.78 is 9.74. The maximum Gasteiger partial charge on any atom is 0.337 e. The van der Waals surface area contributed by atoms with Crippen molar-refractivity contribution < 1.29 is 14.3 Å². The lowest BCUT2D eigenvalue weighted by Gasteiger charge is -2.12. The van der Waals surface area contributed by atoms with Gasteiger partial charge in [-0.3, -0.25) is 0 Å². The first-order valence-electron chi connectivity index (χ1n) is 6.13. The predicted molar refractivity (Wildman–Crippen MR) is 83.5 cm³/mol. The minimum atomic E-state index is -0.430. The van der Waals surface area contributed by atoms with Gasteiger partial charge in [-0.15, -0.1) is 0 Å². The molecule has 6 heteroatoms. The molecular formula is C15H15ClN2O3. The molecule has 0 aliphatic rings. The zero-order valence-electron chi connectivity index (χ0n) is 11.6. The number of nitrogens with one attached hydrogen (secondary N) is 1. The number of nitrogens with two attached hydrogens (primary N) is 1. The Morgan fingerprint density at radius 2 is 1.95 bits per heavy atom. The largest absolute Gasteiger partial charge is 0.495 e. The van der Waals surface area contributed by atoms with Gasteiger partial charge >= 0.3 is 5.97 Å². The zero-order chi connectivity index (χ0) is 15.4. The molecule has 0 saturated carbocycles. The molecule has 0 aromatic heterocycles. The molecule has 0 unspecified atom stereocenters. The number of anilines is 3. The molecule has 0 atom stereocenters. The lowest BCUT2D eigenvalue weighted by atomic mass is 10.1. The van der Waals surface area contributed by atoms with E-state index in [0.29, 0.717) is 27.7 Å². The molecule has 2 aromatic rings. The molecule has 2 rings (SSSR count). The highest BCUT2D eigenvalue weighted by Crippen LogP contribution is 2.30. The molecule has 0 heterocycles. The molecule has 3 N–H and O–H groups in total. The summed E-state index contributed by atoms with van der Waals surface area (Å²) in [5.74, 6) is 0.164. The highest BCUT2D eigenvalue weighted by atomic mass is 35.5. The summed E-state index contributed by atoms with van der Waals surface area (Å²) in [6.07, 6.45) is 0. The van der Waals surface area contributed by atoms with Crippen LogP contribution in [-0.4, -0.2) is 20.2 Å². The Hall–Kier alpha value is -2.40. The van der Waals surface area contributed by atoms with E-state index in [1.807, 2.05) is 6.07 Å². The lowest BCUT2D eigenvalue weighted by molar-refractivity contribution is 0.0601. The molecule has 0 amide bonds. The number of hydrogen-bond acceptors (Lipinski definition) is 5. The molecule has 21 heavy (non-hydrogen) atoms. The fourth-order valence-electron chi connectivity index (χ4n) is 1.82. The number of carbonyl (C=O) groups is 1. The number of hydrogen-bond donors (Lipinski definition) is 2. The van der Waals surface area contributed by atoms with Gasteiger partial charge in [0.25, 0.3) is 0 Å². The second-order valence-corrected chi connectivity index (χ2v) is 4.68. The Labute approximate surface area is 127 Å². The van der Waals surface area contributed by atoms with E-state index in [4.69, 9.17) is 22.1 Å². The van der Waals surface area contributed by atoms with Gasteiger partial charge in [0.15, 0.2) is 0 Å². The van der Waals surface area contributed by atoms with Crippen LogP contribution >= 0.6 is 11.6 Å². The smallest absolute Gasteiger partial charge is 0.337 e. The molecule has 0 bridgehead atoms. The van der Waals surface area contributed by atoms with Crippen molar-refractivity contribution in [1.82, 2.24) is 0 Å². The van der Waals surface area contributed by atoms with Gasteiger partial charge in [-0.1, -0.05) is 11.6 Å². The van der Waals surface area contributed by atoms with E-state index in [1.165, 1.54) is 7.11 Å². The Bertz CT molecular complexity index is 674. The number of methoxy groups -OCH3 is 2. The summed E-state index contributed by atoms with van der Waals surface area (Å²) in [7, 11) is 2.88. The maximum atomic E-state index is 11.4. The van der Waals surface area contributed by atoms with Gasteiger partial charge in [-0.2, -0.15) is 0 Å². The Kier molecular flexibility index (Phi) is 4.55. The highest BCUT2D eigenvalue weighted by molar-refractivity contribution is 6.32. The zero-order valence-corrected chi connectivity index (χ0v) is 12.4. The molecule has 2 aromatic carbocycles. The van der Waals surface area contributed by atoms with Gasteiger partial charge in [0.2, 0.25) is 0 Å². The monoisotopic (exact) mass is 306 g/mol. The molecule has 0 saturated heterocycles. The molecule has 110 valence electrons. The van der Waals surface area contributed by atoms with Crippen molar-refractivity contribution in [2.75, 3.05) is 25.3 Å². The Balaban J connectivity index is 2.24. The number of carbonyl (C=O) groups excluding carboxylic acids is 1. The highest BCUT2D eigenvalue weighted by Gasteiger charge is 2.09. The quantitative estimate of drug-likeness (QED) is 0.668. The van der Waals surface area contributed by atoms with Crippen molar-refractivity contribution in [3.05, 3.63) is 47.0 Å². The van der Waals surface area contributed by atoms with Gasteiger partial charge in [-0.25, -0.2) is 4.79 Å². The third-order valence-corrected chi connectivity index (χ3v) is 3.20. The van der Waals surface area contributed by atoms with Crippen LogP contribution in [0.25, 0.3) is 0 Å². The summed E-state index contributed by atoms with van der Waals surface area (Å²) in [4.78, 5) is 11.4. The first-order chi connectivity index (χ1) is 10.0. The second kappa shape index (κ2) is 6.37. The first kappa shape index (κ1) is 15.0. The van der Waals surface area contributed by atoms with E-state index >= 15 is 0 Å². The minimum absolute atomic E-state index is 0.397. The van der Waals surface area contributed by atoms with Gasteiger partial charge in [0.05, 0.1) is 36.2 Å². The molecular weight excluding hydrogens is 292 g/mol. The molecule has 0 aliphatic heterocycles. The van der Waals surface area contributed by atoms with Crippen molar-refractivity contribution in [2.45, 2.75) is 0 Å². The van der Waals surface area contributed by atoms with Crippen LogP contribution in [0.15, 0.2) is 36.4 Å². The van der Waals surface area contributed by atoms with Crippen LogP contribution < -0.4 is 15.8 Å². The van der Waals surface area contributed by atoms with Crippen molar-refractivity contribution >= 4 is 34.6 Å². The minimum Gasteiger partial charge on any atom is -0.495 e. The van der Waals surface area contributed by atoms with Gasteiger partial charge in [0, 0.05) is 5.69 Å². The summed E-state index contributed by atoms with van der Waals surface area (Å²) in [6.45, 7) is 0. The van der Waals surface area contributed by atoms with Crippen LogP contribution in [0.5, 0.6) is 5.75 Å². The van der Waals surface area contributed by atoms with E-state index in [-0.39, 0.29) is 0 Å². The summed E-state index contributed by atoms with van der Waals surface area (Å²) in [6, 6.07) is 10.2. The topological polar surface area (TPSA) is 73.6 Å². The van der Waals surface area contributed by atoms with E-state index in [1.54, 1.807) is 37.4 Å². The number of ether oxygens (including phenoxy) is 2. The van der Waals surface area contributed by atoms with Crippen LogP contribution in [0.4, 0.5) is 17.1 Å². The first-order valence-corrected chi connectivity index (χ1v) is 6.51. The normalized spacial score (nSPS) is 10.0. The van der Waals surface area contributed by atoms with Crippen LogP contribution in [0.2, 0.25) is 5.02 Å². The Morgan fingerprint density at radius 3 is 2.52 bits per heavy atom. The molecule has 0 fully saturated rings. The van der Waals surface area contributed by atoms with Crippen LogP contribution in [0.1, 0.15) is 10.4 Å². The predicted octanol–water partition coefficient (Wildman–Crippen LogP) is 3.46. The van der Waals surface area contributed by atoms with Crippen LogP contribution in [0, 0.1) is 0 Å². The summed E-state index contributed by atoms with van der Waals surface area (Å²) in [5.41, 5.74) is 8.19. The van der Waals surface area contributed by atoms with Crippen LogP contribution in [0.3, 0.4) is 0 Å². The van der Waals surface area contributed by atoms with E-state index in [0.717, 1.165) is 5.69 Å². The van der Waals surface area contributed by atoms with Crippen molar-refractivity contribution in [3.63, 3.8) is 0 Å². The third kappa shape index (κ3) is 3.38. The van der Waals surface area contributed by atoms with E-state index < -0.39 is 5.97 Å². The SMILES string of the molecule is COC(=O)c1ccc(Nc2ccc(OC)c(Cl)c2)c(N)c1. The van der Waals surface area contributed by atoms with E-state index in [9.17, 15) is 4.79 Å². The van der Waals surface area contributed by atoms with Gasteiger partial charge < -0.3 is 20.5 Å². The number of benzene rings is 2. The summed E-state index contributed by atoms with van der Waals surface area (Å²) in [5, 5.41) is 3.62.